The van der Waals surface area contributed by atoms with Crippen LogP contribution in [0.5, 0.6) is 11.5 Å². The second kappa shape index (κ2) is 16.9. The molecule has 1 heterocycles. The first-order valence-corrected chi connectivity index (χ1v) is 18.1. The lowest BCUT2D eigenvalue weighted by atomic mass is 9.61. The van der Waals surface area contributed by atoms with Crippen LogP contribution in [-0.4, -0.2) is 81.7 Å². The van der Waals surface area contributed by atoms with E-state index in [1.165, 1.54) is 66.7 Å². The molecule has 0 saturated carbocycles. The Hall–Kier alpha value is -6.18. The standard InChI is InChI=1S/C45H42O12/c1-29(47)57-43(2)38(28-54-41(50)34-17-11-6-12-18-34)56-42(55-37-26-31(27-46)19-22-35(37)25-30-20-23-36(53-3)24-21-30)44(51,39(48)32-13-7-4-8-14-32)45(43,52)40(49)33-15-9-5-10-16-33/h4-24,26,38,42,46,51-52H,25,27-28H2,1-3H3/t38-,42-,43-,44+,45+/m1/s1. The second-order valence-electron chi connectivity index (χ2n) is 13.7. The van der Waals surface area contributed by atoms with Crippen molar-refractivity contribution in [1.82, 2.24) is 0 Å². The summed E-state index contributed by atoms with van der Waals surface area (Å²) in [4.78, 5) is 56.2. The van der Waals surface area contributed by atoms with E-state index in [4.69, 9.17) is 23.7 Å². The zero-order valence-corrected chi connectivity index (χ0v) is 31.5. The van der Waals surface area contributed by atoms with E-state index in [0.717, 1.165) is 19.4 Å². The van der Waals surface area contributed by atoms with Crippen LogP contribution in [0.4, 0.5) is 0 Å². The topological polar surface area (TPSA) is 175 Å². The number of esters is 2. The first-order valence-electron chi connectivity index (χ1n) is 18.1. The number of methoxy groups -OCH3 is 1. The lowest BCUT2D eigenvalue weighted by molar-refractivity contribution is -0.353. The van der Waals surface area contributed by atoms with Crippen molar-refractivity contribution in [2.45, 2.75) is 56.1 Å². The highest BCUT2D eigenvalue weighted by molar-refractivity contribution is 6.13. The van der Waals surface area contributed by atoms with Crippen molar-refractivity contribution in [2.75, 3.05) is 13.7 Å². The van der Waals surface area contributed by atoms with Crippen LogP contribution in [0.1, 0.15) is 61.6 Å². The van der Waals surface area contributed by atoms with Crippen LogP contribution < -0.4 is 9.47 Å². The van der Waals surface area contributed by atoms with Crippen molar-refractivity contribution in [3.63, 3.8) is 0 Å². The van der Waals surface area contributed by atoms with Gasteiger partial charge in [-0.05, 0) is 53.9 Å². The molecule has 0 unspecified atom stereocenters. The van der Waals surface area contributed by atoms with Crippen LogP contribution in [-0.2, 0) is 32.0 Å². The molecule has 12 nitrogen and oxygen atoms in total. The minimum absolute atomic E-state index is 0.00674. The molecule has 1 aliphatic heterocycles. The Morgan fingerprint density at radius 2 is 1.26 bits per heavy atom. The molecule has 0 spiro atoms. The van der Waals surface area contributed by atoms with Crippen molar-refractivity contribution in [1.29, 1.82) is 0 Å². The summed E-state index contributed by atoms with van der Waals surface area (Å²) in [7, 11) is 1.54. The van der Waals surface area contributed by atoms with E-state index in [1.54, 1.807) is 61.7 Å². The smallest absolute Gasteiger partial charge is 0.338 e. The number of Topliss-reactive ketones (excluding diaryl/α,β-unsaturated/α-hetero) is 2. The third-order valence-corrected chi connectivity index (χ3v) is 10.1. The minimum Gasteiger partial charge on any atom is -0.497 e. The minimum atomic E-state index is -3.41. The summed E-state index contributed by atoms with van der Waals surface area (Å²) in [5.74, 6) is -3.65. The van der Waals surface area contributed by atoms with Gasteiger partial charge in [0.1, 0.15) is 24.2 Å². The fourth-order valence-corrected chi connectivity index (χ4v) is 7.03. The summed E-state index contributed by atoms with van der Waals surface area (Å²) < 4.78 is 29.6. The largest absolute Gasteiger partial charge is 0.497 e. The summed E-state index contributed by atoms with van der Waals surface area (Å²) in [5.41, 5.74) is -7.92. The van der Waals surface area contributed by atoms with E-state index in [2.05, 4.69) is 0 Å². The third-order valence-electron chi connectivity index (χ3n) is 10.1. The maximum atomic E-state index is 15.0. The zero-order chi connectivity index (χ0) is 40.8. The highest BCUT2D eigenvalue weighted by Gasteiger charge is 2.79. The first-order chi connectivity index (χ1) is 27.3. The van der Waals surface area contributed by atoms with E-state index in [1.807, 2.05) is 12.1 Å². The Kier molecular flexibility index (Phi) is 12.0. The third kappa shape index (κ3) is 7.80. The Labute approximate surface area is 329 Å². The van der Waals surface area contributed by atoms with Gasteiger partial charge in [0.2, 0.25) is 29.1 Å². The van der Waals surface area contributed by atoms with Gasteiger partial charge in [-0.1, -0.05) is 103 Å². The first kappa shape index (κ1) is 40.5. The average Bonchev–Trinajstić information content (AvgIpc) is 3.24. The van der Waals surface area contributed by atoms with Crippen LogP contribution in [0.25, 0.3) is 0 Å². The number of benzene rings is 5. The van der Waals surface area contributed by atoms with Crippen LogP contribution in [0, 0.1) is 0 Å². The molecule has 0 bridgehead atoms. The number of aliphatic hydroxyl groups excluding tert-OH is 1. The number of rotatable bonds is 14. The van der Waals surface area contributed by atoms with Crippen LogP contribution in [0.15, 0.2) is 133 Å². The molecule has 0 radical (unpaired) electrons. The molecule has 1 aliphatic rings. The van der Waals surface area contributed by atoms with Gasteiger partial charge in [0.05, 0.1) is 19.3 Å². The molecule has 294 valence electrons. The highest BCUT2D eigenvalue weighted by atomic mass is 16.7. The van der Waals surface area contributed by atoms with Crippen molar-refractivity contribution in [3.05, 3.63) is 167 Å². The maximum absolute atomic E-state index is 15.0. The summed E-state index contributed by atoms with van der Waals surface area (Å²) in [6.07, 6.45) is -3.78. The Morgan fingerprint density at radius 1 is 0.719 bits per heavy atom. The van der Waals surface area contributed by atoms with Gasteiger partial charge in [-0.2, -0.15) is 0 Å². The Morgan fingerprint density at radius 3 is 1.81 bits per heavy atom. The fraction of sp³-hybridized carbons (Fsp3) is 0.244. The summed E-state index contributed by atoms with van der Waals surface area (Å²) in [5, 5.41) is 36.7. The average molecular weight is 775 g/mol. The van der Waals surface area contributed by atoms with Gasteiger partial charge in [0.15, 0.2) is 5.60 Å². The zero-order valence-electron chi connectivity index (χ0n) is 31.5. The van der Waals surface area contributed by atoms with E-state index in [0.29, 0.717) is 16.9 Å². The van der Waals surface area contributed by atoms with Gasteiger partial charge < -0.3 is 39.0 Å². The molecule has 1 fully saturated rings. The molecule has 0 aromatic heterocycles. The number of carbonyl (C=O) groups is 4. The highest BCUT2D eigenvalue weighted by Crippen LogP contribution is 2.51. The predicted molar refractivity (Wildman–Crippen MR) is 206 cm³/mol. The van der Waals surface area contributed by atoms with E-state index in [-0.39, 0.29) is 28.9 Å². The number of ether oxygens (including phenoxy) is 5. The molecule has 5 aromatic carbocycles. The van der Waals surface area contributed by atoms with Gasteiger partial charge in [-0.15, -0.1) is 0 Å². The number of carbonyl (C=O) groups excluding carboxylic acids is 4. The number of ketones is 2. The molecule has 1 saturated heterocycles. The van der Waals surface area contributed by atoms with Crippen LogP contribution >= 0.6 is 0 Å². The SMILES string of the molecule is COc1ccc(Cc2ccc(CO)cc2O[C@@H]2O[C@H](COC(=O)c3ccccc3)[C@@](C)(OC(C)=O)[C@@](O)(C(=O)c3ccccc3)[C@]2(O)C(=O)c2ccccc2)cc1. The summed E-state index contributed by atoms with van der Waals surface area (Å²) in [6, 6.07) is 34.7. The molecule has 5 aromatic rings. The van der Waals surface area contributed by atoms with Crippen molar-refractivity contribution < 1.29 is 58.2 Å². The van der Waals surface area contributed by atoms with Crippen LogP contribution in [0.3, 0.4) is 0 Å². The van der Waals surface area contributed by atoms with E-state index >= 15 is 4.79 Å². The van der Waals surface area contributed by atoms with Gasteiger partial charge in [0, 0.05) is 24.5 Å². The van der Waals surface area contributed by atoms with Gasteiger partial charge in [0.25, 0.3) is 0 Å². The number of aliphatic hydroxyl groups is 3. The maximum Gasteiger partial charge on any atom is 0.338 e. The van der Waals surface area contributed by atoms with Gasteiger partial charge >= 0.3 is 11.9 Å². The van der Waals surface area contributed by atoms with Crippen molar-refractivity contribution >= 4 is 23.5 Å². The number of hydrogen-bond acceptors (Lipinski definition) is 12. The number of hydrogen-bond donors (Lipinski definition) is 3. The van der Waals surface area contributed by atoms with Crippen molar-refractivity contribution in [2.24, 2.45) is 0 Å². The molecular formula is C45H42O12. The summed E-state index contributed by atoms with van der Waals surface area (Å²) >= 11 is 0. The van der Waals surface area contributed by atoms with E-state index < -0.39 is 65.9 Å². The predicted octanol–water partition coefficient (Wildman–Crippen LogP) is 5.29. The monoisotopic (exact) mass is 774 g/mol. The van der Waals surface area contributed by atoms with Crippen LogP contribution in [0.2, 0.25) is 0 Å². The van der Waals surface area contributed by atoms with Gasteiger partial charge in [-0.3, -0.25) is 14.4 Å². The molecular weight excluding hydrogens is 732 g/mol. The van der Waals surface area contributed by atoms with Crippen molar-refractivity contribution in [3.8, 4) is 11.5 Å². The molecule has 0 aliphatic carbocycles. The molecule has 6 rings (SSSR count). The lowest BCUT2D eigenvalue weighted by Gasteiger charge is -2.58. The van der Waals surface area contributed by atoms with E-state index in [9.17, 15) is 29.7 Å². The molecule has 5 atom stereocenters. The Bertz CT molecular complexity index is 2210. The normalized spacial score (nSPS) is 22.8. The molecule has 3 N–H and O–H groups in total. The lowest BCUT2D eigenvalue weighted by Crippen LogP contribution is -2.85. The van der Waals surface area contributed by atoms with Gasteiger partial charge in [-0.25, -0.2) is 4.79 Å². The molecule has 57 heavy (non-hydrogen) atoms. The fourth-order valence-electron chi connectivity index (χ4n) is 7.03. The molecule has 12 heteroatoms. The summed E-state index contributed by atoms with van der Waals surface area (Å²) in [6.45, 7) is 0.957. The second-order valence-corrected chi connectivity index (χ2v) is 13.7. The Balaban J connectivity index is 1.57. The quantitative estimate of drug-likeness (QED) is 0.0984. The molecule has 0 amide bonds.